The Morgan fingerprint density at radius 2 is 2.20 bits per heavy atom. The number of hydrogen-bond acceptors (Lipinski definition) is 5. The van der Waals surface area contributed by atoms with Gasteiger partial charge in [0.1, 0.15) is 0 Å². The van der Waals surface area contributed by atoms with Crippen molar-refractivity contribution in [3.8, 4) is 0 Å². The molecule has 0 saturated carbocycles. The Kier molecular flexibility index (Phi) is 3.13. The lowest BCUT2D eigenvalue weighted by Crippen LogP contribution is -2.60. The van der Waals surface area contributed by atoms with Gasteiger partial charge in [0.25, 0.3) is 0 Å². The zero-order chi connectivity index (χ0) is 17.3. The Hall–Kier alpha value is -1.85. The molecule has 5 nitrogen and oxygen atoms in total. The summed E-state index contributed by atoms with van der Waals surface area (Å²) in [5.41, 5.74) is 3.94. The second-order valence-electron chi connectivity index (χ2n) is 7.87. The van der Waals surface area contributed by atoms with Crippen molar-refractivity contribution < 1.29 is 14.6 Å². The van der Waals surface area contributed by atoms with Gasteiger partial charge < -0.3 is 15.2 Å². The molecule has 5 heteroatoms. The van der Waals surface area contributed by atoms with Crippen LogP contribution in [0.1, 0.15) is 25.3 Å². The number of carbonyl (C=O) groups is 1. The van der Waals surface area contributed by atoms with E-state index in [0.29, 0.717) is 0 Å². The topological polar surface area (TPSA) is 61.8 Å². The van der Waals surface area contributed by atoms with E-state index >= 15 is 0 Å². The monoisotopic (exact) mass is 340 g/mol. The molecule has 3 aliphatic heterocycles. The van der Waals surface area contributed by atoms with E-state index in [1.165, 1.54) is 12.7 Å². The number of piperidine rings is 1. The maximum absolute atomic E-state index is 12.8. The standard InChI is InChI=1S/C20H24N2O3/c1-11(23)15-12-7-9-22-10-8-20(18(15)22)13-5-3-4-6-14(13)21-17(20)16(12)19(24)25-2/h3-6,11-12,15,18,21,23H,7-10H2,1-2H3/t11?,12-,15+,18+,20+/m0/s1. The van der Waals surface area contributed by atoms with Crippen LogP contribution < -0.4 is 5.32 Å². The van der Waals surface area contributed by atoms with Crippen molar-refractivity contribution in [2.75, 3.05) is 25.5 Å². The number of nitrogens with one attached hydrogen (secondary N) is 1. The summed E-state index contributed by atoms with van der Waals surface area (Å²) in [6.07, 6.45) is 1.42. The maximum atomic E-state index is 12.8. The van der Waals surface area contributed by atoms with Crippen molar-refractivity contribution in [2.45, 2.75) is 37.3 Å². The first-order valence-electron chi connectivity index (χ1n) is 9.21. The third kappa shape index (κ3) is 1.73. The van der Waals surface area contributed by atoms with Gasteiger partial charge in [0.15, 0.2) is 0 Å². The minimum atomic E-state index is -0.457. The van der Waals surface area contributed by atoms with E-state index in [1.54, 1.807) is 0 Å². The second-order valence-corrected chi connectivity index (χ2v) is 7.87. The lowest BCUT2D eigenvalue weighted by Gasteiger charge is -2.53. The number of fused-ring (bicyclic) bond motifs is 2. The highest BCUT2D eigenvalue weighted by Crippen LogP contribution is 2.62. The highest BCUT2D eigenvalue weighted by molar-refractivity contribution is 5.93. The van der Waals surface area contributed by atoms with Crippen LogP contribution in [0.25, 0.3) is 0 Å². The number of hydrogen-bond donors (Lipinski definition) is 2. The normalized spacial score (nSPS) is 36.5. The molecule has 3 heterocycles. The Balaban J connectivity index is 1.83. The van der Waals surface area contributed by atoms with Gasteiger partial charge in [-0.2, -0.15) is 0 Å². The number of benzene rings is 1. The van der Waals surface area contributed by atoms with Crippen LogP contribution in [0.4, 0.5) is 5.69 Å². The van der Waals surface area contributed by atoms with Crippen LogP contribution in [0.5, 0.6) is 0 Å². The van der Waals surface area contributed by atoms with Crippen LogP contribution in [0.15, 0.2) is 35.5 Å². The first-order chi connectivity index (χ1) is 12.1. The zero-order valence-corrected chi connectivity index (χ0v) is 14.7. The van der Waals surface area contributed by atoms with Crippen molar-refractivity contribution in [1.82, 2.24) is 4.90 Å². The summed E-state index contributed by atoms with van der Waals surface area (Å²) in [6, 6.07) is 8.62. The molecule has 5 rings (SSSR count). The molecule has 2 bridgehead atoms. The summed E-state index contributed by atoms with van der Waals surface area (Å²) >= 11 is 0. The predicted molar refractivity (Wildman–Crippen MR) is 94.0 cm³/mol. The van der Waals surface area contributed by atoms with E-state index in [2.05, 4.69) is 28.4 Å². The molecule has 2 saturated heterocycles. The zero-order valence-electron chi connectivity index (χ0n) is 14.7. The van der Waals surface area contributed by atoms with Gasteiger partial charge in [-0.25, -0.2) is 4.79 Å². The van der Waals surface area contributed by atoms with Gasteiger partial charge in [0, 0.05) is 29.3 Å². The molecule has 5 atom stereocenters. The minimum absolute atomic E-state index is 0.0525. The van der Waals surface area contributed by atoms with Crippen molar-refractivity contribution >= 4 is 11.7 Å². The van der Waals surface area contributed by atoms with Crippen molar-refractivity contribution in [1.29, 1.82) is 0 Å². The number of ether oxygens (including phenoxy) is 1. The number of nitrogens with zero attached hydrogens (tertiary/aromatic N) is 1. The molecule has 0 aromatic heterocycles. The van der Waals surface area contributed by atoms with Crippen LogP contribution in [0.3, 0.4) is 0 Å². The van der Waals surface area contributed by atoms with E-state index in [9.17, 15) is 9.90 Å². The van der Waals surface area contributed by atoms with E-state index in [1.807, 2.05) is 13.0 Å². The molecule has 1 spiro atoms. The third-order valence-electron chi connectivity index (χ3n) is 6.96. The van der Waals surface area contributed by atoms with E-state index in [4.69, 9.17) is 4.74 Å². The molecular formula is C20H24N2O3. The summed E-state index contributed by atoms with van der Waals surface area (Å²) in [5, 5.41) is 14.2. The summed E-state index contributed by atoms with van der Waals surface area (Å²) in [4.78, 5) is 15.3. The fourth-order valence-electron chi connectivity index (χ4n) is 6.18. The molecule has 1 aromatic rings. The molecule has 0 amide bonds. The number of rotatable bonds is 2. The molecule has 1 aliphatic carbocycles. The fourth-order valence-corrected chi connectivity index (χ4v) is 6.18. The number of carbonyl (C=O) groups excluding carboxylic acids is 1. The molecule has 25 heavy (non-hydrogen) atoms. The Morgan fingerprint density at radius 3 is 2.96 bits per heavy atom. The molecule has 1 aromatic carbocycles. The van der Waals surface area contributed by atoms with E-state index < -0.39 is 6.10 Å². The molecule has 4 aliphatic rings. The lowest BCUT2D eigenvalue weighted by molar-refractivity contribution is -0.138. The Bertz CT molecular complexity index is 787. The van der Waals surface area contributed by atoms with Crippen molar-refractivity contribution in [3.05, 3.63) is 41.1 Å². The van der Waals surface area contributed by atoms with Gasteiger partial charge in [-0.15, -0.1) is 0 Å². The smallest absolute Gasteiger partial charge is 0.335 e. The van der Waals surface area contributed by atoms with Gasteiger partial charge in [-0.05, 0) is 44.5 Å². The number of aliphatic hydroxyl groups excluding tert-OH is 1. The van der Waals surface area contributed by atoms with Crippen LogP contribution in [-0.2, 0) is 14.9 Å². The summed E-state index contributed by atoms with van der Waals surface area (Å²) in [5.74, 6) is -0.136. The van der Waals surface area contributed by atoms with Crippen molar-refractivity contribution in [3.63, 3.8) is 0 Å². The number of methoxy groups -OCH3 is 1. The molecule has 1 unspecified atom stereocenters. The summed E-state index contributed by atoms with van der Waals surface area (Å²) in [6.45, 7) is 3.87. The molecule has 0 radical (unpaired) electrons. The van der Waals surface area contributed by atoms with Gasteiger partial charge in [-0.1, -0.05) is 18.2 Å². The van der Waals surface area contributed by atoms with Crippen molar-refractivity contribution in [2.24, 2.45) is 11.8 Å². The third-order valence-corrected chi connectivity index (χ3v) is 6.96. The molecule has 2 fully saturated rings. The number of aliphatic hydroxyl groups is 1. The average Bonchev–Trinajstić information content (AvgIpc) is 3.17. The number of esters is 1. The quantitative estimate of drug-likeness (QED) is 0.805. The highest BCUT2D eigenvalue weighted by Gasteiger charge is 2.65. The fraction of sp³-hybridized carbons (Fsp3) is 0.550. The first-order valence-corrected chi connectivity index (χ1v) is 9.21. The Morgan fingerprint density at radius 1 is 1.40 bits per heavy atom. The van der Waals surface area contributed by atoms with Gasteiger partial charge in [0.05, 0.1) is 24.2 Å². The van der Waals surface area contributed by atoms with E-state index in [0.717, 1.165) is 42.9 Å². The SMILES string of the molecule is COC(=O)C1=C2Nc3ccccc3[C@]23CCN2CC[C@H]1[C@@H](C(C)O)[C@@H]23. The second kappa shape index (κ2) is 5.08. The first kappa shape index (κ1) is 15.4. The predicted octanol–water partition coefficient (Wildman–Crippen LogP) is 1.88. The van der Waals surface area contributed by atoms with Crippen LogP contribution >= 0.6 is 0 Å². The maximum Gasteiger partial charge on any atom is 0.335 e. The molecular weight excluding hydrogens is 316 g/mol. The summed E-state index contributed by atoms with van der Waals surface area (Å²) < 4.78 is 5.19. The van der Waals surface area contributed by atoms with E-state index in [-0.39, 0.29) is 29.3 Å². The van der Waals surface area contributed by atoms with Gasteiger partial charge in [0.2, 0.25) is 0 Å². The van der Waals surface area contributed by atoms with Crippen LogP contribution in [0.2, 0.25) is 0 Å². The molecule has 132 valence electrons. The largest absolute Gasteiger partial charge is 0.466 e. The lowest BCUT2D eigenvalue weighted by atomic mass is 9.57. The highest BCUT2D eigenvalue weighted by atomic mass is 16.5. The van der Waals surface area contributed by atoms with Gasteiger partial charge in [-0.3, -0.25) is 4.90 Å². The minimum Gasteiger partial charge on any atom is -0.466 e. The molecule has 2 N–H and O–H groups in total. The number of anilines is 1. The average molecular weight is 340 g/mol. The summed E-state index contributed by atoms with van der Waals surface area (Å²) in [7, 11) is 1.46. The van der Waals surface area contributed by atoms with Gasteiger partial charge >= 0.3 is 5.97 Å². The number of para-hydroxylation sites is 1. The van der Waals surface area contributed by atoms with Crippen LogP contribution in [-0.4, -0.2) is 48.3 Å². The van der Waals surface area contributed by atoms with Crippen LogP contribution in [0, 0.1) is 11.8 Å². The Labute approximate surface area is 147 Å².